The average molecular weight is 572 g/mol. The van der Waals surface area contributed by atoms with E-state index in [9.17, 15) is 18.7 Å². The number of ether oxygens (including phenoxy) is 2. The lowest BCUT2D eigenvalue weighted by Crippen LogP contribution is -2.52. The third kappa shape index (κ3) is 5.66. The average Bonchev–Trinajstić information content (AvgIpc) is 3.46. The van der Waals surface area contributed by atoms with Gasteiger partial charge >= 0.3 is 6.11 Å². The van der Waals surface area contributed by atoms with Gasteiger partial charge in [0.05, 0.1) is 20.2 Å². The Hall–Kier alpha value is -4.65. The Balaban J connectivity index is 1.32. The second-order valence-electron chi connectivity index (χ2n) is 9.36. The number of aromatic nitrogens is 3. The van der Waals surface area contributed by atoms with E-state index in [4.69, 9.17) is 9.47 Å². The van der Waals surface area contributed by atoms with Gasteiger partial charge in [0.25, 0.3) is 0 Å². The molecule has 0 saturated carbocycles. The normalized spacial score (nSPS) is 15.5. The lowest BCUT2D eigenvalue weighted by molar-refractivity contribution is -0.301. The molecule has 41 heavy (non-hydrogen) atoms. The number of benzene rings is 3. The highest BCUT2D eigenvalue weighted by Gasteiger charge is 2.58. The molecule has 9 nitrogen and oxygen atoms in total. The van der Waals surface area contributed by atoms with Crippen LogP contribution in [0, 0.1) is 11.6 Å². The van der Waals surface area contributed by atoms with Crippen LogP contribution in [0.2, 0.25) is 0 Å². The molecule has 0 spiro atoms. The minimum Gasteiger partial charge on any atom is -0.497 e. The third-order valence-electron chi connectivity index (χ3n) is 6.77. The van der Waals surface area contributed by atoms with Crippen LogP contribution in [0.3, 0.4) is 0 Å². The first-order valence-electron chi connectivity index (χ1n) is 12.5. The molecule has 1 fully saturated rings. The zero-order chi connectivity index (χ0) is 29.2. The summed E-state index contributed by atoms with van der Waals surface area (Å²) in [6, 6.07) is 14.5. The highest BCUT2D eigenvalue weighted by molar-refractivity contribution is 5.97. The number of nitrogens with zero attached hydrogens (tertiary/aromatic N) is 5. The van der Waals surface area contributed by atoms with E-state index in [1.165, 1.54) is 24.3 Å². The number of hydrogen-bond acceptors (Lipinski definition) is 7. The quantitative estimate of drug-likeness (QED) is 0.304. The Morgan fingerprint density at radius 3 is 2.24 bits per heavy atom. The molecule has 3 aromatic carbocycles. The van der Waals surface area contributed by atoms with E-state index in [0.29, 0.717) is 30.6 Å². The largest absolute Gasteiger partial charge is 0.497 e. The third-order valence-corrected chi connectivity index (χ3v) is 6.77. The van der Waals surface area contributed by atoms with Crippen molar-refractivity contribution < 1.29 is 36.9 Å². The van der Waals surface area contributed by atoms with Gasteiger partial charge in [0.15, 0.2) is 0 Å². The van der Waals surface area contributed by atoms with Gasteiger partial charge in [-0.25, -0.2) is 18.4 Å². The fourth-order valence-electron chi connectivity index (χ4n) is 4.59. The molecule has 0 aliphatic carbocycles. The first-order chi connectivity index (χ1) is 19.6. The van der Waals surface area contributed by atoms with E-state index >= 15 is 8.78 Å². The number of alkyl halides is 2. The van der Waals surface area contributed by atoms with Gasteiger partial charge < -0.3 is 24.4 Å². The Morgan fingerprint density at radius 2 is 1.63 bits per heavy atom. The smallest absolute Gasteiger partial charge is 0.433 e. The lowest BCUT2D eigenvalue weighted by atomic mass is 9.91. The number of amides is 1. The van der Waals surface area contributed by atoms with Gasteiger partial charge in [-0.15, -0.1) is 0 Å². The molecule has 1 aliphatic rings. The minimum atomic E-state index is -4.40. The number of methoxy groups -OCH3 is 1. The fraction of sp³-hybridized carbons (Fsp3) is 0.250. The van der Waals surface area contributed by atoms with Crippen LogP contribution in [0.15, 0.2) is 79.4 Å². The van der Waals surface area contributed by atoms with Crippen LogP contribution in [0.5, 0.6) is 11.5 Å². The van der Waals surface area contributed by atoms with Crippen molar-refractivity contribution in [2.24, 2.45) is 0 Å². The molecule has 1 atom stereocenters. The summed E-state index contributed by atoms with van der Waals surface area (Å²) < 4.78 is 70.3. The van der Waals surface area contributed by atoms with Gasteiger partial charge in [0, 0.05) is 36.1 Å². The molecule has 4 aromatic rings. The number of anilines is 2. The second-order valence-corrected chi connectivity index (χ2v) is 9.36. The molecule has 214 valence electrons. The predicted octanol–water partition coefficient (Wildman–Crippen LogP) is 3.98. The molecular formula is C28H25F4N5O4. The molecule has 1 aliphatic heterocycles. The zero-order valence-electron chi connectivity index (χ0n) is 21.8. The Bertz CT molecular complexity index is 1500. The summed E-state index contributed by atoms with van der Waals surface area (Å²) in [5, 5.41) is 14.9. The standard InChI is InChI=1S/C28H25F4N5O4/c1-40-22-7-5-21(6-8-22)37-13-12-35(15-26(37)38)20-3-9-23(10-4-20)41-28(31,32)27(39,16-36-18-33-17-34-36)24-11-2-19(29)14-25(24)30/h2-11,14,17-18,39H,12-13,15-16H2,1H3. The van der Waals surface area contributed by atoms with Crippen molar-refractivity contribution in [1.82, 2.24) is 14.8 Å². The summed E-state index contributed by atoms with van der Waals surface area (Å²) in [5.74, 6) is -2.19. The first kappa shape index (κ1) is 27.9. The maximum atomic E-state index is 15.6. The van der Waals surface area contributed by atoms with Gasteiger partial charge in [-0.2, -0.15) is 13.9 Å². The van der Waals surface area contributed by atoms with Crippen molar-refractivity contribution in [1.29, 1.82) is 0 Å². The van der Waals surface area contributed by atoms with Gasteiger partial charge in [-0.3, -0.25) is 4.79 Å². The van der Waals surface area contributed by atoms with Gasteiger partial charge in [-0.05, 0) is 60.7 Å². The summed E-state index contributed by atoms with van der Waals surface area (Å²) in [6.45, 7) is 0.000777. The van der Waals surface area contributed by atoms with Crippen molar-refractivity contribution in [2.75, 3.05) is 36.5 Å². The van der Waals surface area contributed by atoms with Gasteiger partial charge in [0.1, 0.15) is 35.8 Å². The van der Waals surface area contributed by atoms with E-state index in [2.05, 4.69) is 10.1 Å². The Labute approximate surface area is 232 Å². The highest BCUT2D eigenvalue weighted by atomic mass is 19.3. The maximum Gasteiger partial charge on any atom is 0.433 e. The van der Waals surface area contributed by atoms with Crippen molar-refractivity contribution in [2.45, 2.75) is 18.3 Å². The van der Waals surface area contributed by atoms with Crippen LogP contribution < -0.4 is 19.3 Å². The number of halogens is 4. The maximum absolute atomic E-state index is 15.6. The van der Waals surface area contributed by atoms with Gasteiger partial charge in [-0.1, -0.05) is 0 Å². The van der Waals surface area contributed by atoms with Crippen LogP contribution in [-0.2, 0) is 16.9 Å². The number of hydrogen-bond donors (Lipinski definition) is 1. The Morgan fingerprint density at radius 1 is 0.951 bits per heavy atom. The fourth-order valence-corrected chi connectivity index (χ4v) is 4.59. The summed E-state index contributed by atoms with van der Waals surface area (Å²) >= 11 is 0. The van der Waals surface area contributed by atoms with Crippen LogP contribution in [0.4, 0.5) is 28.9 Å². The van der Waals surface area contributed by atoms with Crippen LogP contribution >= 0.6 is 0 Å². The molecular weight excluding hydrogens is 546 g/mol. The Kier molecular flexibility index (Phi) is 7.54. The molecule has 1 N–H and O–H groups in total. The number of carbonyl (C=O) groups is 1. The summed E-state index contributed by atoms with van der Waals surface area (Å²) in [5.41, 5.74) is -2.85. The summed E-state index contributed by atoms with van der Waals surface area (Å²) in [6.07, 6.45) is -2.28. The number of rotatable bonds is 9. The van der Waals surface area contributed by atoms with Crippen molar-refractivity contribution >= 4 is 17.3 Å². The molecule has 1 unspecified atom stereocenters. The van der Waals surface area contributed by atoms with E-state index in [-0.39, 0.29) is 18.2 Å². The molecule has 1 saturated heterocycles. The molecule has 0 radical (unpaired) electrons. The van der Waals surface area contributed by atoms with Crippen molar-refractivity contribution in [3.63, 3.8) is 0 Å². The molecule has 5 rings (SSSR count). The topological polar surface area (TPSA) is 92.9 Å². The van der Waals surface area contributed by atoms with Crippen LogP contribution in [0.25, 0.3) is 0 Å². The molecule has 1 aromatic heterocycles. The van der Waals surface area contributed by atoms with E-state index in [1.807, 2.05) is 0 Å². The van der Waals surface area contributed by atoms with E-state index < -0.39 is 35.5 Å². The SMILES string of the molecule is COc1ccc(N2CCN(c3ccc(OC(F)(F)C(O)(Cn4cncn4)c4ccc(F)cc4F)cc3)CC2=O)cc1. The summed E-state index contributed by atoms with van der Waals surface area (Å²) in [7, 11) is 1.56. The number of carbonyl (C=O) groups excluding carboxylic acids is 1. The van der Waals surface area contributed by atoms with Gasteiger partial charge in [0.2, 0.25) is 11.5 Å². The summed E-state index contributed by atoms with van der Waals surface area (Å²) in [4.78, 5) is 19.9. The highest BCUT2D eigenvalue weighted by Crippen LogP contribution is 2.42. The monoisotopic (exact) mass is 571 g/mol. The van der Waals surface area contributed by atoms with E-state index in [0.717, 1.165) is 35.2 Å². The van der Waals surface area contributed by atoms with Crippen LogP contribution in [-0.4, -0.2) is 58.6 Å². The molecule has 2 heterocycles. The minimum absolute atomic E-state index is 0.0594. The predicted molar refractivity (Wildman–Crippen MR) is 140 cm³/mol. The molecule has 13 heteroatoms. The molecule has 1 amide bonds. The lowest BCUT2D eigenvalue weighted by Gasteiger charge is -2.36. The van der Waals surface area contributed by atoms with Crippen molar-refractivity contribution in [3.05, 3.63) is 96.6 Å². The van der Waals surface area contributed by atoms with E-state index in [1.54, 1.807) is 41.2 Å². The number of aliphatic hydroxyl groups is 1. The van der Waals surface area contributed by atoms with Crippen molar-refractivity contribution in [3.8, 4) is 11.5 Å². The van der Waals surface area contributed by atoms with Crippen LogP contribution in [0.1, 0.15) is 5.56 Å². The zero-order valence-corrected chi connectivity index (χ0v) is 21.8. The second kappa shape index (κ2) is 11.1. The first-order valence-corrected chi connectivity index (χ1v) is 12.5. The number of piperazine rings is 1. The molecule has 0 bridgehead atoms.